The van der Waals surface area contributed by atoms with Gasteiger partial charge in [0.15, 0.2) is 0 Å². The van der Waals surface area contributed by atoms with Gasteiger partial charge in [-0.05, 0) is 5.41 Å². The number of nitrogens with zero attached hydrogens (tertiary/aromatic N) is 1. The first-order chi connectivity index (χ1) is 7.70. The van der Waals surface area contributed by atoms with Crippen molar-refractivity contribution >= 4 is 23.8 Å². The van der Waals surface area contributed by atoms with E-state index in [1.165, 1.54) is 25.1 Å². The molecule has 6 heteroatoms. The second-order valence-electron chi connectivity index (χ2n) is 3.52. The molecule has 2 heterocycles. The van der Waals surface area contributed by atoms with Crippen molar-refractivity contribution in [3.63, 3.8) is 0 Å². The number of β-lactam (4-membered cyclic amide) rings is 1. The first kappa shape index (κ1) is 11.1. The van der Waals surface area contributed by atoms with Crippen LogP contribution in [0.5, 0.6) is 0 Å². The molecular weight excluding hydrogens is 228 g/mol. The van der Waals surface area contributed by atoms with Crippen molar-refractivity contribution in [2.75, 3.05) is 7.11 Å². The van der Waals surface area contributed by atoms with Gasteiger partial charge in [0.25, 0.3) is 0 Å². The summed E-state index contributed by atoms with van der Waals surface area (Å²) in [5.74, 6) is 0.192. The lowest BCUT2D eigenvalue weighted by atomic mass is 10.0. The highest BCUT2D eigenvalue weighted by Crippen LogP contribution is 2.37. The lowest BCUT2D eigenvalue weighted by Gasteiger charge is -2.32. The van der Waals surface area contributed by atoms with E-state index in [4.69, 9.17) is 0 Å². The molecule has 0 spiro atoms. The summed E-state index contributed by atoms with van der Waals surface area (Å²) in [5.41, 5.74) is 0. The molecule has 1 fully saturated rings. The molecule has 2 aliphatic heterocycles. The molecule has 1 unspecified atom stereocenters. The van der Waals surface area contributed by atoms with E-state index in [0.29, 0.717) is 12.5 Å². The Hall–Kier alpha value is -1.43. The molecule has 5 nitrogen and oxygen atoms in total. The topological polar surface area (TPSA) is 58.6 Å². The number of thioether (sulfide) groups is 1. The van der Waals surface area contributed by atoms with Crippen LogP contribution in [0.3, 0.4) is 0 Å². The maximum Gasteiger partial charge on any atom is 0.410 e. The van der Waals surface area contributed by atoms with E-state index in [1.54, 1.807) is 10.3 Å². The zero-order valence-electron chi connectivity index (χ0n) is 8.80. The molecule has 2 aliphatic rings. The number of methoxy groups -OCH3 is 1. The van der Waals surface area contributed by atoms with Crippen molar-refractivity contribution in [2.45, 2.75) is 18.9 Å². The summed E-state index contributed by atoms with van der Waals surface area (Å²) in [5, 5.41) is 4.20. The molecule has 0 aromatic rings. The first-order valence-corrected chi connectivity index (χ1v) is 5.76. The molecule has 0 bridgehead atoms. The number of alkyl carbamates (subject to hydrolysis) is 1. The molecule has 86 valence electrons. The third-order valence-electron chi connectivity index (χ3n) is 2.49. The Morgan fingerprint density at radius 1 is 1.69 bits per heavy atom. The zero-order chi connectivity index (χ0) is 11.5. The minimum absolute atomic E-state index is 0.192. The summed E-state index contributed by atoms with van der Waals surface area (Å²) in [6, 6.07) is 0.372. The molecule has 1 saturated heterocycles. The van der Waals surface area contributed by atoms with Crippen LogP contribution in [0, 0.1) is 0 Å². The van der Waals surface area contributed by atoms with Crippen LogP contribution in [0.15, 0.2) is 22.7 Å². The normalized spacial score (nSPS) is 22.8. The highest BCUT2D eigenvalue weighted by Gasteiger charge is 2.39. The van der Waals surface area contributed by atoms with Crippen LogP contribution in [0.4, 0.5) is 4.79 Å². The number of carbonyl (C=O) groups excluding carboxylic acids is 2. The molecule has 16 heavy (non-hydrogen) atoms. The lowest BCUT2D eigenvalue weighted by molar-refractivity contribution is -0.140. The first-order valence-electron chi connectivity index (χ1n) is 4.88. The maximum absolute atomic E-state index is 11.1. The minimum Gasteiger partial charge on any atom is -0.453 e. The van der Waals surface area contributed by atoms with Crippen LogP contribution in [-0.2, 0) is 9.53 Å². The third kappa shape index (κ3) is 2.21. The van der Waals surface area contributed by atoms with Crippen LogP contribution in [0.2, 0.25) is 0 Å². The van der Waals surface area contributed by atoms with Crippen molar-refractivity contribution in [1.29, 1.82) is 0 Å². The van der Waals surface area contributed by atoms with Crippen LogP contribution in [0.1, 0.15) is 12.8 Å². The number of nitrogens with one attached hydrogen (secondary N) is 1. The Morgan fingerprint density at radius 3 is 3.12 bits per heavy atom. The van der Waals surface area contributed by atoms with E-state index in [0.717, 1.165) is 11.3 Å². The van der Waals surface area contributed by atoms with E-state index in [-0.39, 0.29) is 5.91 Å². The Kier molecular flexibility index (Phi) is 3.19. The molecule has 0 saturated carbocycles. The summed E-state index contributed by atoms with van der Waals surface area (Å²) in [6.45, 7) is 0. The van der Waals surface area contributed by atoms with E-state index < -0.39 is 6.09 Å². The average molecular weight is 240 g/mol. The van der Waals surface area contributed by atoms with Gasteiger partial charge in [-0.1, -0.05) is 11.8 Å². The number of fused-ring (bicyclic) bond motifs is 1. The van der Waals surface area contributed by atoms with E-state index in [1.807, 2.05) is 6.20 Å². The molecule has 0 aromatic heterocycles. The predicted octanol–water partition coefficient (Wildman–Crippen LogP) is 1.39. The molecule has 0 radical (unpaired) electrons. The number of rotatable bonds is 3. The maximum atomic E-state index is 11.1. The van der Waals surface area contributed by atoms with Crippen molar-refractivity contribution in [1.82, 2.24) is 10.2 Å². The van der Waals surface area contributed by atoms with Gasteiger partial charge in [-0.15, -0.1) is 0 Å². The lowest BCUT2D eigenvalue weighted by Crippen LogP contribution is -2.45. The fourth-order valence-electron chi connectivity index (χ4n) is 1.65. The summed E-state index contributed by atoms with van der Waals surface area (Å²) >= 11 is 1.50. The van der Waals surface area contributed by atoms with Crippen LogP contribution in [0.25, 0.3) is 0 Å². The van der Waals surface area contributed by atoms with E-state index in [9.17, 15) is 9.59 Å². The highest BCUT2D eigenvalue weighted by molar-refractivity contribution is 8.05. The highest BCUT2D eigenvalue weighted by atomic mass is 32.2. The number of hydrogen-bond donors (Lipinski definition) is 1. The average Bonchev–Trinajstić information content (AvgIpc) is 2.61. The summed E-state index contributed by atoms with van der Waals surface area (Å²) in [7, 11) is 1.31. The Morgan fingerprint density at radius 2 is 2.50 bits per heavy atom. The fraction of sp³-hybridized carbons (Fsp3) is 0.400. The molecular formula is C10H12N2O3S. The number of hydrogen-bond acceptors (Lipinski definition) is 4. The van der Waals surface area contributed by atoms with Crippen molar-refractivity contribution in [3.8, 4) is 0 Å². The number of carbonyl (C=O) groups is 2. The monoisotopic (exact) mass is 240 g/mol. The number of ether oxygens (including phenoxy) is 1. The van der Waals surface area contributed by atoms with Gasteiger partial charge < -0.3 is 9.64 Å². The Labute approximate surface area is 97.5 Å². The third-order valence-corrected chi connectivity index (χ3v) is 3.33. The second-order valence-corrected chi connectivity index (χ2v) is 4.55. The fourth-order valence-corrected chi connectivity index (χ4v) is 2.42. The molecule has 1 N–H and O–H groups in total. The molecule has 2 rings (SSSR count). The summed E-state index contributed by atoms with van der Waals surface area (Å²) < 4.78 is 4.40. The summed E-state index contributed by atoms with van der Waals surface area (Å²) in [6.07, 6.45) is 4.48. The minimum atomic E-state index is -0.490. The van der Waals surface area contributed by atoms with E-state index >= 15 is 0 Å². The smallest absolute Gasteiger partial charge is 0.410 e. The molecule has 0 aromatic carbocycles. The van der Waals surface area contributed by atoms with Gasteiger partial charge in [-0.3, -0.25) is 10.1 Å². The van der Waals surface area contributed by atoms with Crippen molar-refractivity contribution in [3.05, 3.63) is 22.7 Å². The quantitative estimate of drug-likeness (QED) is 0.757. The van der Waals surface area contributed by atoms with Crippen LogP contribution in [-0.4, -0.2) is 30.1 Å². The SMILES string of the molecule is COC(=O)NC=CSC1=CN2C(=O)CC2C1. The van der Waals surface area contributed by atoms with Crippen molar-refractivity contribution in [2.24, 2.45) is 0 Å². The predicted molar refractivity (Wildman–Crippen MR) is 60.2 cm³/mol. The Bertz CT molecular complexity index is 378. The zero-order valence-corrected chi connectivity index (χ0v) is 9.62. The van der Waals surface area contributed by atoms with Gasteiger partial charge in [0.1, 0.15) is 0 Å². The molecule has 1 atom stereocenters. The van der Waals surface area contributed by atoms with Crippen LogP contribution >= 0.6 is 11.8 Å². The standard InChI is InChI=1S/C10H12N2O3S/c1-15-10(14)11-2-3-16-8-4-7-5-9(13)12(7)6-8/h2-3,6-7H,4-5H2,1H3,(H,11,14). The van der Waals surface area contributed by atoms with Gasteiger partial charge in [0, 0.05) is 36.2 Å². The molecule has 0 aliphatic carbocycles. The largest absolute Gasteiger partial charge is 0.453 e. The summed E-state index contributed by atoms with van der Waals surface area (Å²) in [4.78, 5) is 24.7. The van der Waals surface area contributed by atoms with Crippen LogP contribution < -0.4 is 5.32 Å². The van der Waals surface area contributed by atoms with Gasteiger partial charge in [0.05, 0.1) is 7.11 Å². The van der Waals surface area contributed by atoms with E-state index in [2.05, 4.69) is 10.1 Å². The van der Waals surface area contributed by atoms with Gasteiger partial charge in [-0.2, -0.15) is 0 Å². The number of amides is 2. The second kappa shape index (κ2) is 4.61. The van der Waals surface area contributed by atoms with Gasteiger partial charge in [-0.25, -0.2) is 4.79 Å². The van der Waals surface area contributed by atoms with Crippen molar-refractivity contribution < 1.29 is 14.3 Å². The Balaban J connectivity index is 1.75. The molecule has 2 amide bonds. The van der Waals surface area contributed by atoms with Gasteiger partial charge in [0.2, 0.25) is 5.91 Å². The van der Waals surface area contributed by atoms with Gasteiger partial charge >= 0.3 is 6.09 Å².